The number of carbonyl (C=O) groups excluding carboxylic acids is 1. The molecule has 20 heavy (non-hydrogen) atoms. The fourth-order valence-corrected chi connectivity index (χ4v) is 2.79. The highest BCUT2D eigenvalue weighted by Crippen LogP contribution is 2.27. The van der Waals surface area contributed by atoms with Gasteiger partial charge in [0.25, 0.3) is 5.22 Å². The van der Waals surface area contributed by atoms with E-state index in [-0.39, 0.29) is 11.2 Å². The molecule has 0 N–H and O–H groups in total. The Labute approximate surface area is 129 Å². The van der Waals surface area contributed by atoms with Crippen LogP contribution >= 0.6 is 27.7 Å². The summed E-state index contributed by atoms with van der Waals surface area (Å²) in [7, 11) is 3.44. The number of halogens is 1. The van der Waals surface area contributed by atoms with Crippen molar-refractivity contribution < 1.29 is 9.21 Å². The second kappa shape index (κ2) is 6.41. The molecule has 1 atom stereocenters. The van der Waals surface area contributed by atoms with Crippen LogP contribution in [-0.2, 0) is 4.79 Å². The lowest BCUT2D eigenvalue weighted by molar-refractivity contribution is -0.127. The molecule has 0 aliphatic carbocycles. The second-order valence-corrected chi connectivity index (χ2v) is 6.58. The SMILES string of the molecule is C[C@@H](Sc1nnc(-c2cccc(Br)c2)o1)C(=O)N(C)C. The smallest absolute Gasteiger partial charge is 0.277 e. The summed E-state index contributed by atoms with van der Waals surface area (Å²) in [6.45, 7) is 1.82. The van der Waals surface area contributed by atoms with Gasteiger partial charge in [0.2, 0.25) is 11.8 Å². The van der Waals surface area contributed by atoms with E-state index in [0.717, 1.165) is 10.0 Å². The van der Waals surface area contributed by atoms with E-state index in [0.29, 0.717) is 11.1 Å². The highest BCUT2D eigenvalue weighted by atomic mass is 79.9. The van der Waals surface area contributed by atoms with E-state index in [4.69, 9.17) is 4.42 Å². The number of thioether (sulfide) groups is 1. The minimum absolute atomic E-state index is 0.0113. The highest BCUT2D eigenvalue weighted by Gasteiger charge is 2.19. The summed E-state index contributed by atoms with van der Waals surface area (Å²) in [5, 5.41) is 8.09. The van der Waals surface area contributed by atoms with Crippen LogP contribution in [0.3, 0.4) is 0 Å². The molecule has 0 saturated carbocycles. The number of nitrogens with zero attached hydrogens (tertiary/aromatic N) is 3. The zero-order valence-electron chi connectivity index (χ0n) is 11.3. The highest BCUT2D eigenvalue weighted by molar-refractivity contribution is 9.10. The molecule has 1 aromatic carbocycles. The molecule has 0 aliphatic rings. The van der Waals surface area contributed by atoms with Gasteiger partial charge in [-0.15, -0.1) is 10.2 Å². The number of amides is 1. The van der Waals surface area contributed by atoms with Gasteiger partial charge < -0.3 is 9.32 Å². The van der Waals surface area contributed by atoms with Gasteiger partial charge in [0.1, 0.15) is 0 Å². The predicted molar refractivity (Wildman–Crippen MR) is 81.4 cm³/mol. The third-order valence-electron chi connectivity index (χ3n) is 2.54. The van der Waals surface area contributed by atoms with Crippen molar-refractivity contribution in [3.8, 4) is 11.5 Å². The molecule has 7 heteroatoms. The molecule has 0 spiro atoms. The summed E-state index contributed by atoms with van der Waals surface area (Å²) in [5.41, 5.74) is 0.838. The molecular formula is C13H14BrN3O2S. The van der Waals surface area contributed by atoms with Crippen LogP contribution in [0.2, 0.25) is 0 Å². The molecule has 0 bridgehead atoms. The van der Waals surface area contributed by atoms with Crippen LogP contribution in [0.1, 0.15) is 6.92 Å². The second-order valence-electron chi connectivity index (χ2n) is 4.38. The van der Waals surface area contributed by atoms with Gasteiger partial charge in [-0.3, -0.25) is 4.79 Å². The molecule has 106 valence electrons. The summed E-state index contributed by atoms with van der Waals surface area (Å²) in [5.74, 6) is 0.454. The van der Waals surface area contributed by atoms with Crippen molar-refractivity contribution in [3.63, 3.8) is 0 Å². The Morgan fingerprint density at radius 2 is 2.15 bits per heavy atom. The van der Waals surface area contributed by atoms with Crippen molar-refractivity contribution in [2.24, 2.45) is 0 Å². The number of rotatable bonds is 4. The number of carbonyl (C=O) groups is 1. The van der Waals surface area contributed by atoms with Crippen molar-refractivity contribution in [1.29, 1.82) is 0 Å². The Hall–Kier alpha value is -1.34. The van der Waals surface area contributed by atoms with Gasteiger partial charge in [-0.25, -0.2) is 0 Å². The van der Waals surface area contributed by atoms with Crippen molar-refractivity contribution in [2.75, 3.05) is 14.1 Å². The summed E-state index contributed by atoms with van der Waals surface area (Å²) < 4.78 is 6.52. The van der Waals surface area contributed by atoms with E-state index >= 15 is 0 Å². The van der Waals surface area contributed by atoms with Crippen LogP contribution in [0.15, 0.2) is 38.4 Å². The average Bonchev–Trinajstić information content (AvgIpc) is 2.86. The lowest BCUT2D eigenvalue weighted by Crippen LogP contribution is -2.29. The molecule has 0 fully saturated rings. The number of benzene rings is 1. The van der Waals surface area contributed by atoms with Gasteiger partial charge in [0, 0.05) is 24.1 Å². The molecule has 1 aromatic heterocycles. The van der Waals surface area contributed by atoms with Crippen LogP contribution in [0.25, 0.3) is 11.5 Å². The van der Waals surface area contributed by atoms with E-state index in [1.165, 1.54) is 11.8 Å². The Balaban J connectivity index is 2.12. The van der Waals surface area contributed by atoms with E-state index < -0.39 is 0 Å². The first-order chi connectivity index (χ1) is 9.47. The zero-order valence-corrected chi connectivity index (χ0v) is 13.7. The minimum atomic E-state index is -0.263. The fourth-order valence-electron chi connectivity index (χ4n) is 1.56. The van der Waals surface area contributed by atoms with Crippen molar-refractivity contribution in [3.05, 3.63) is 28.7 Å². The molecule has 0 saturated heterocycles. The van der Waals surface area contributed by atoms with E-state index in [1.54, 1.807) is 19.0 Å². The van der Waals surface area contributed by atoms with E-state index in [1.807, 2.05) is 31.2 Å². The first-order valence-corrected chi connectivity index (χ1v) is 7.62. The summed E-state index contributed by atoms with van der Waals surface area (Å²) in [4.78, 5) is 13.3. The van der Waals surface area contributed by atoms with Crippen LogP contribution in [0, 0.1) is 0 Å². The molecule has 0 aliphatic heterocycles. The zero-order chi connectivity index (χ0) is 14.7. The third-order valence-corrected chi connectivity index (χ3v) is 3.96. The summed E-state index contributed by atoms with van der Waals surface area (Å²) in [6, 6.07) is 7.61. The monoisotopic (exact) mass is 355 g/mol. The first-order valence-electron chi connectivity index (χ1n) is 5.94. The van der Waals surface area contributed by atoms with Crippen LogP contribution < -0.4 is 0 Å². The molecule has 1 amide bonds. The van der Waals surface area contributed by atoms with Gasteiger partial charge in [-0.05, 0) is 25.1 Å². The number of hydrogen-bond acceptors (Lipinski definition) is 5. The molecule has 2 aromatic rings. The molecule has 2 rings (SSSR count). The molecule has 0 radical (unpaired) electrons. The van der Waals surface area contributed by atoms with Crippen molar-refractivity contribution in [1.82, 2.24) is 15.1 Å². The average molecular weight is 356 g/mol. The van der Waals surface area contributed by atoms with Crippen molar-refractivity contribution >= 4 is 33.6 Å². The normalized spacial score (nSPS) is 12.2. The Kier molecular flexibility index (Phi) is 4.82. The molecular weight excluding hydrogens is 342 g/mol. The summed E-state index contributed by atoms with van der Waals surface area (Å²) in [6.07, 6.45) is 0. The lowest BCUT2D eigenvalue weighted by atomic mass is 10.2. The topological polar surface area (TPSA) is 59.2 Å². The minimum Gasteiger partial charge on any atom is -0.411 e. The van der Waals surface area contributed by atoms with E-state index in [9.17, 15) is 4.79 Å². The van der Waals surface area contributed by atoms with Gasteiger partial charge in [0.15, 0.2) is 0 Å². The van der Waals surface area contributed by atoms with Gasteiger partial charge in [-0.2, -0.15) is 0 Å². The Morgan fingerprint density at radius 3 is 2.80 bits per heavy atom. The number of hydrogen-bond donors (Lipinski definition) is 0. The molecule has 5 nitrogen and oxygen atoms in total. The van der Waals surface area contributed by atoms with Crippen LogP contribution in [0.4, 0.5) is 0 Å². The fraction of sp³-hybridized carbons (Fsp3) is 0.308. The number of aromatic nitrogens is 2. The maximum atomic E-state index is 11.8. The van der Waals surface area contributed by atoms with Gasteiger partial charge >= 0.3 is 0 Å². The van der Waals surface area contributed by atoms with Gasteiger partial charge in [-0.1, -0.05) is 33.8 Å². The maximum absolute atomic E-state index is 11.8. The first kappa shape index (κ1) is 15.1. The molecule has 0 unspecified atom stereocenters. The quantitative estimate of drug-likeness (QED) is 0.788. The largest absolute Gasteiger partial charge is 0.411 e. The van der Waals surface area contributed by atoms with Crippen LogP contribution in [-0.4, -0.2) is 40.3 Å². The van der Waals surface area contributed by atoms with Gasteiger partial charge in [0.05, 0.1) is 5.25 Å². The standard InChI is InChI=1S/C13H14BrN3O2S/c1-8(12(18)17(2)3)20-13-16-15-11(19-13)9-5-4-6-10(14)7-9/h4-8H,1-3H3/t8-/m1/s1. The third kappa shape index (κ3) is 3.61. The van der Waals surface area contributed by atoms with E-state index in [2.05, 4.69) is 26.1 Å². The van der Waals surface area contributed by atoms with Crippen molar-refractivity contribution in [2.45, 2.75) is 17.4 Å². The Bertz CT molecular complexity index is 615. The summed E-state index contributed by atoms with van der Waals surface area (Å²) >= 11 is 4.65. The van der Waals surface area contributed by atoms with Crippen LogP contribution in [0.5, 0.6) is 0 Å². The predicted octanol–water partition coefficient (Wildman–Crippen LogP) is 3.07. The lowest BCUT2D eigenvalue weighted by Gasteiger charge is -2.14. The maximum Gasteiger partial charge on any atom is 0.277 e. The molecule has 1 heterocycles. The Morgan fingerprint density at radius 1 is 1.40 bits per heavy atom.